The molecule has 1 aromatic carbocycles. The lowest BCUT2D eigenvalue weighted by molar-refractivity contribution is -0.137. The van der Waals surface area contributed by atoms with Gasteiger partial charge in [-0.1, -0.05) is 24.4 Å². The first-order chi connectivity index (χ1) is 9.88. The van der Waals surface area contributed by atoms with Crippen molar-refractivity contribution in [3.05, 3.63) is 28.8 Å². The molecule has 1 atom stereocenters. The van der Waals surface area contributed by atoms with Gasteiger partial charge >= 0.3 is 6.18 Å². The van der Waals surface area contributed by atoms with Crippen LogP contribution >= 0.6 is 11.6 Å². The lowest BCUT2D eigenvalue weighted by atomic mass is 10.1. The smallest absolute Gasteiger partial charge is 0.323 e. The van der Waals surface area contributed by atoms with Crippen LogP contribution in [0.3, 0.4) is 0 Å². The van der Waals surface area contributed by atoms with Gasteiger partial charge in [-0.2, -0.15) is 13.2 Å². The third kappa shape index (κ3) is 4.35. The number of anilines is 1. The number of benzene rings is 1. The van der Waals surface area contributed by atoms with Gasteiger partial charge in [0.2, 0.25) is 5.91 Å². The van der Waals surface area contributed by atoms with Gasteiger partial charge in [-0.05, 0) is 37.6 Å². The fourth-order valence-corrected chi connectivity index (χ4v) is 2.49. The van der Waals surface area contributed by atoms with Gasteiger partial charge in [-0.3, -0.25) is 4.79 Å². The molecule has 0 radical (unpaired) electrons. The first kappa shape index (κ1) is 16.1. The Hall–Kier alpha value is -1.27. The van der Waals surface area contributed by atoms with E-state index in [9.17, 15) is 18.0 Å². The summed E-state index contributed by atoms with van der Waals surface area (Å²) in [6.07, 6.45) is -0.701. The molecule has 0 aliphatic carbocycles. The second-order valence-electron chi connectivity index (χ2n) is 5.04. The van der Waals surface area contributed by atoms with E-state index in [0.717, 1.165) is 37.9 Å². The fraction of sp³-hybridized carbons (Fsp3) is 0.500. The molecule has 1 heterocycles. The van der Waals surface area contributed by atoms with Gasteiger partial charge in [0.05, 0.1) is 22.3 Å². The monoisotopic (exact) mass is 320 g/mol. The van der Waals surface area contributed by atoms with Crippen molar-refractivity contribution in [2.24, 2.45) is 0 Å². The molecule has 0 aromatic heterocycles. The van der Waals surface area contributed by atoms with Crippen LogP contribution < -0.4 is 10.6 Å². The first-order valence-corrected chi connectivity index (χ1v) is 7.17. The van der Waals surface area contributed by atoms with E-state index in [1.54, 1.807) is 0 Å². The average Bonchev–Trinajstić information content (AvgIpc) is 2.68. The maximum Gasteiger partial charge on any atom is 0.416 e. The number of carbonyl (C=O) groups excluding carboxylic acids is 1. The molecular formula is C14H16ClF3N2O. The highest BCUT2D eigenvalue weighted by Crippen LogP contribution is 2.33. The van der Waals surface area contributed by atoms with Crippen LogP contribution in [0.25, 0.3) is 0 Å². The van der Waals surface area contributed by atoms with Crippen LogP contribution in [0.2, 0.25) is 5.02 Å². The molecule has 7 heteroatoms. The molecule has 1 saturated heterocycles. The number of alkyl halides is 3. The zero-order chi connectivity index (χ0) is 15.5. The molecule has 1 aliphatic rings. The number of halogens is 4. The Labute approximate surface area is 125 Å². The Morgan fingerprint density at radius 2 is 2.05 bits per heavy atom. The number of nitrogens with one attached hydrogen (secondary N) is 2. The quantitative estimate of drug-likeness (QED) is 0.869. The molecule has 2 rings (SSSR count). The van der Waals surface area contributed by atoms with Crippen molar-refractivity contribution < 1.29 is 18.0 Å². The third-order valence-corrected chi connectivity index (χ3v) is 3.74. The second kappa shape index (κ2) is 6.66. The van der Waals surface area contributed by atoms with Crippen molar-refractivity contribution in [2.75, 3.05) is 11.9 Å². The van der Waals surface area contributed by atoms with Gasteiger partial charge in [0.15, 0.2) is 0 Å². The highest BCUT2D eigenvalue weighted by atomic mass is 35.5. The van der Waals surface area contributed by atoms with E-state index >= 15 is 0 Å². The molecule has 3 nitrogen and oxygen atoms in total. The van der Waals surface area contributed by atoms with Crippen LogP contribution in [0.1, 0.15) is 31.2 Å². The van der Waals surface area contributed by atoms with Crippen LogP contribution in [-0.2, 0) is 11.0 Å². The topological polar surface area (TPSA) is 41.1 Å². The van der Waals surface area contributed by atoms with Crippen LogP contribution in [-0.4, -0.2) is 18.5 Å². The summed E-state index contributed by atoms with van der Waals surface area (Å²) in [5.41, 5.74) is -0.640. The van der Waals surface area contributed by atoms with Crippen LogP contribution in [0.4, 0.5) is 18.9 Å². The normalized spacial score (nSPS) is 19.9. The van der Waals surface area contributed by atoms with E-state index < -0.39 is 11.7 Å². The van der Waals surface area contributed by atoms with E-state index in [-0.39, 0.29) is 22.7 Å². The Morgan fingerprint density at radius 3 is 2.71 bits per heavy atom. The van der Waals surface area contributed by atoms with Crippen molar-refractivity contribution >= 4 is 23.2 Å². The molecule has 0 saturated carbocycles. The molecule has 2 N–H and O–H groups in total. The minimum absolute atomic E-state index is 0.119. The van der Waals surface area contributed by atoms with Crippen molar-refractivity contribution in [2.45, 2.75) is 37.9 Å². The molecule has 1 amide bonds. The molecule has 21 heavy (non-hydrogen) atoms. The predicted molar refractivity (Wildman–Crippen MR) is 75.3 cm³/mol. The summed E-state index contributed by atoms with van der Waals surface area (Å²) in [5, 5.41) is 5.59. The highest BCUT2D eigenvalue weighted by Gasteiger charge is 2.31. The zero-order valence-corrected chi connectivity index (χ0v) is 12.0. The summed E-state index contributed by atoms with van der Waals surface area (Å²) in [5.74, 6) is -0.265. The van der Waals surface area contributed by atoms with Crippen molar-refractivity contribution in [1.82, 2.24) is 5.32 Å². The Kier molecular flexibility index (Phi) is 5.11. The van der Waals surface area contributed by atoms with Crippen molar-refractivity contribution in [3.63, 3.8) is 0 Å². The summed E-state index contributed by atoms with van der Waals surface area (Å²) in [4.78, 5) is 12.1. The molecule has 0 spiro atoms. The number of rotatable bonds is 2. The SMILES string of the molecule is O=C(Nc1ccc(C(F)(F)F)cc1Cl)C1CCCCCN1. The van der Waals surface area contributed by atoms with Gasteiger partial charge in [-0.15, -0.1) is 0 Å². The molecule has 116 valence electrons. The minimum Gasteiger partial charge on any atom is -0.323 e. The van der Waals surface area contributed by atoms with Gasteiger partial charge in [0.25, 0.3) is 0 Å². The molecular weight excluding hydrogens is 305 g/mol. The molecule has 0 bridgehead atoms. The van der Waals surface area contributed by atoms with E-state index in [0.29, 0.717) is 6.42 Å². The summed E-state index contributed by atoms with van der Waals surface area (Å²) >= 11 is 5.82. The number of hydrogen-bond donors (Lipinski definition) is 2. The van der Waals surface area contributed by atoms with Crippen molar-refractivity contribution in [1.29, 1.82) is 0 Å². The Bertz CT molecular complexity index is 511. The highest BCUT2D eigenvalue weighted by molar-refractivity contribution is 6.33. The van der Waals surface area contributed by atoms with Gasteiger partial charge in [-0.25, -0.2) is 0 Å². The molecule has 1 aliphatic heterocycles. The number of amides is 1. The number of hydrogen-bond acceptors (Lipinski definition) is 2. The number of carbonyl (C=O) groups is 1. The average molecular weight is 321 g/mol. The van der Waals surface area contributed by atoms with E-state index in [4.69, 9.17) is 11.6 Å². The predicted octanol–water partition coefficient (Wildman–Crippen LogP) is 3.83. The van der Waals surface area contributed by atoms with Crippen LogP contribution in [0.5, 0.6) is 0 Å². The lowest BCUT2D eigenvalue weighted by Gasteiger charge is -2.17. The van der Waals surface area contributed by atoms with Crippen LogP contribution in [0.15, 0.2) is 18.2 Å². The van der Waals surface area contributed by atoms with E-state index in [1.807, 2.05) is 0 Å². The molecule has 1 fully saturated rings. The van der Waals surface area contributed by atoms with Crippen molar-refractivity contribution in [3.8, 4) is 0 Å². The van der Waals surface area contributed by atoms with Gasteiger partial charge < -0.3 is 10.6 Å². The fourth-order valence-electron chi connectivity index (χ4n) is 2.27. The lowest BCUT2D eigenvalue weighted by Crippen LogP contribution is -2.39. The Balaban J connectivity index is 2.07. The zero-order valence-electron chi connectivity index (χ0n) is 11.3. The minimum atomic E-state index is -4.45. The summed E-state index contributed by atoms with van der Waals surface area (Å²) < 4.78 is 37.6. The van der Waals surface area contributed by atoms with E-state index in [1.165, 1.54) is 6.07 Å². The summed E-state index contributed by atoms with van der Waals surface area (Å²) in [6, 6.07) is 2.57. The van der Waals surface area contributed by atoms with Gasteiger partial charge in [0.1, 0.15) is 0 Å². The van der Waals surface area contributed by atoms with Gasteiger partial charge in [0, 0.05) is 0 Å². The molecule has 1 unspecified atom stereocenters. The second-order valence-corrected chi connectivity index (χ2v) is 5.44. The maximum absolute atomic E-state index is 12.5. The standard InChI is InChI=1S/C14H16ClF3N2O/c15-10-8-9(14(16,17)18)5-6-11(10)20-13(21)12-4-2-1-3-7-19-12/h5-6,8,12,19H,1-4,7H2,(H,20,21). The first-order valence-electron chi connectivity index (χ1n) is 6.79. The Morgan fingerprint density at radius 1 is 1.29 bits per heavy atom. The summed E-state index contributed by atoms with van der Waals surface area (Å²) in [6.45, 7) is 0.763. The maximum atomic E-state index is 12.5. The third-order valence-electron chi connectivity index (χ3n) is 3.43. The van der Waals surface area contributed by atoms with Crippen LogP contribution in [0, 0.1) is 0 Å². The van der Waals surface area contributed by atoms with E-state index in [2.05, 4.69) is 10.6 Å². The molecule has 1 aromatic rings. The largest absolute Gasteiger partial charge is 0.416 e. The summed E-state index contributed by atoms with van der Waals surface area (Å²) in [7, 11) is 0.